The molecule has 1 fully saturated rings. The van der Waals surface area contributed by atoms with Crippen molar-refractivity contribution in [3.05, 3.63) is 41.7 Å². The summed E-state index contributed by atoms with van der Waals surface area (Å²) in [5.74, 6) is -2.88. The van der Waals surface area contributed by atoms with Crippen molar-refractivity contribution in [2.45, 2.75) is 13.3 Å². The van der Waals surface area contributed by atoms with Crippen LogP contribution in [0.3, 0.4) is 0 Å². The van der Waals surface area contributed by atoms with Crippen LogP contribution in [0.25, 0.3) is 0 Å². The fourth-order valence-electron chi connectivity index (χ4n) is 3.50. The van der Waals surface area contributed by atoms with E-state index in [0.717, 1.165) is 6.42 Å². The molecule has 4 atom stereocenters. The molecule has 5 heteroatoms. The number of carboxylic acid groups (broad SMARTS) is 1. The Morgan fingerprint density at radius 1 is 1.24 bits per heavy atom. The number of benzene rings is 1. The molecule has 1 aromatic rings. The summed E-state index contributed by atoms with van der Waals surface area (Å²) in [6, 6.07) is 4.12. The number of carbonyl (C=O) groups is 2. The summed E-state index contributed by atoms with van der Waals surface area (Å²) in [5.41, 5.74) is 1.14. The fourth-order valence-corrected chi connectivity index (χ4v) is 3.50. The minimum atomic E-state index is -0.928. The van der Waals surface area contributed by atoms with Gasteiger partial charge in [-0.1, -0.05) is 12.2 Å². The van der Waals surface area contributed by atoms with Gasteiger partial charge in [0.15, 0.2) is 0 Å². The lowest BCUT2D eigenvalue weighted by Gasteiger charge is -2.24. The quantitative estimate of drug-likeness (QED) is 0.841. The Bertz CT molecular complexity index is 640. The molecule has 0 saturated heterocycles. The second-order valence-electron chi connectivity index (χ2n) is 5.79. The van der Waals surface area contributed by atoms with Gasteiger partial charge in [0.25, 0.3) is 0 Å². The first kappa shape index (κ1) is 13.8. The van der Waals surface area contributed by atoms with Crippen molar-refractivity contribution in [3.63, 3.8) is 0 Å². The van der Waals surface area contributed by atoms with Gasteiger partial charge in [0.1, 0.15) is 5.82 Å². The lowest BCUT2D eigenvalue weighted by atomic mass is 9.82. The van der Waals surface area contributed by atoms with Crippen molar-refractivity contribution in [3.8, 4) is 0 Å². The van der Waals surface area contributed by atoms with Crippen LogP contribution in [0.1, 0.15) is 12.0 Å². The van der Waals surface area contributed by atoms with Crippen molar-refractivity contribution in [2.24, 2.45) is 23.7 Å². The van der Waals surface area contributed by atoms with Crippen LogP contribution in [0.2, 0.25) is 0 Å². The van der Waals surface area contributed by atoms with Gasteiger partial charge in [0, 0.05) is 5.69 Å². The number of carboxylic acids is 1. The van der Waals surface area contributed by atoms with Crippen molar-refractivity contribution in [1.29, 1.82) is 0 Å². The molecule has 4 nitrogen and oxygen atoms in total. The smallest absolute Gasteiger partial charge is 0.307 e. The van der Waals surface area contributed by atoms with Gasteiger partial charge in [-0.05, 0) is 48.9 Å². The molecular weight excluding hydrogens is 273 g/mol. The first-order valence-corrected chi connectivity index (χ1v) is 6.95. The highest BCUT2D eigenvalue weighted by atomic mass is 19.1. The van der Waals surface area contributed by atoms with Crippen LogP contribution >= 0.6 is 0 Å². The SMILES string of the molecule is Cc1cc(F)ccc1NC(=O)[C@H]1[C@@H](C(=O)O)[C@H]2C=C[C@H]1C2. The molecule has 0 aliphatic heterocycles. The predicted molar refractivity (Wildman–Crippen MR) is 75.1 cm³/mol. The molecule has 2 aliphatic carbocycles. The average molecular weight is 289 g/mol. The maximum Gasteiger partial charge on any atom is 0.307 e. The Hall–Kier alpha value is -2.17. The van der Waals surface area contributed by atoms with Crippen molar-refractivity contribution < 1.29 is 19.1 Å². The van der Waals surface area contributed by atoms with E-state index in [1.165, 1.54) is 18.2 Å². The molecular formula is C16H16FNO3. The van der Waals surface area contributed by atoms with Crippen LogP contribution in [-0.4, -0.2) is 17.0 Å². The van der Waals surface area contributed by atoms with Gasteiger partial charge in [-0.15, -0.1) is 0 Å². The van der Waals surface area contributed by atoms with E-state index >= 15 is 0 Å². The zero-order valence-electron chi connectivity index (χ0n) is 11.5. The van der Waals surface area contributed by atoms with Gasteiger partial charge < -0.3 is 10.4 Å². The Kier molecular flexibility index (Phi) is 3.27. The summed E-state index contributed by atoms with van der Waals surface area (Å²) >= 11 is 0. The summed E-state index contributed by atoms with van der Waals surface area (Å²) in [5, 5.41) is 12.1. The van der Waals surface area contributed by atoms with E-state index in [4.69, 9.17) is 0 Å². The number of hydrogen-bond donors (Lipinski definition) is 2. The topological polar surface area (TPSA) is 66.4 Å². The molecule has 0 radical (unpaired) electrons. The number of allylic oxidation sites excluding steroid dienone is 2. The summed E-state index contributed by atoms with van der Waals surface area (Å²) in [6.45, 7) is 1.70. The van der Waals surface area contributed by atoms with Crippen molar-refractivity contribution in [1.82, 2.24) is 0 Å². The van der Waals surface area contributed by atoms with E-state index in [1.807, 2.05) is 12.2 Å². The maximum atomic E-state index is 13.1. The van der Waals surface area contributed by atoms with Crippen LogP contribution in [0.5, 0.6) is 0 Å². The average Bonchev–Trinajstić information content (AvgIpc) is 3.02. The molecule has 0 spiro atoms. The van der Waals surface area contributed by atoms with Crippen LogP contribution < -0.4 is 5.32 Å². The Labute approximate surface area is 121 Å². The summed E-state index contributed by atoms with van der Waals surface area (Å²) in [7, 11) is 0. The summed E-state index contributed by atoms with van der Waals surface area (Å²) in [4.78, 5) is 23.9. The predicted octanol–water partition coefficient (Wildman–Crippen LogP) is 2.60. The lowest BCUT2D eigenvalue weighted by molar-refractivity contribution is -0.146. The molecule has 3 rings (SSSR count). The second-order valence-corrected chi connectivity index (χ2v) is 5.79. The third-order valence-corrected chi connectivity index (χ3v) is 4.49. The minimum absolute atomic E-state index is 0.0168. The number of nitrogens with one attached hydrogen (secondary N) is 1. The number of rotatable bonds is 3. The normalized spacial score (nSPS) is 29.6. The zero-order chi connectivity index (χ0) is 15.1. The molecule has 1 aromatic carbocycles. The van der Waals surface area contributed by atoms with Gasteiger partial charge in [0.05, 0.1) is 11.8 Å². The van der Waals surface area contributed by atoms with E-state index in [0.29, 0.717) is 11.3 Å². The van der Waals surface area contributed by atoms with Crippen LogP contribution in [-0.2, 0) is 9.59 Å². The molecule has 2 bridgehead atoms. The Balaban J connectivity index is 1.82. The fraction of sp³-hybridized carbons (Fsp3) is 0.375. The number of aryl methyl sites for hydroxylation is 1. The molecule has 110 valence electrons. The van der Waals surface area contributed by atoms with Gasteiger partial charge in [-0.3, -0.25) is 9.59 Å². The van der Waals surface area contributed by atoms with Gasteiger partial charge >= 0.3 is 5.97 Å². The molecule has 0 unspecified atom stereocenters. The molecule has 1 saturated carbocycles. The first-order chi connectivity index (χ1) is 9.97. The van der Waals surface area contributed by atoms with E-state index in [1.54, 1.807) is 6.92 Å². The third-order valence-electron chi connectivity index (χ3n) is 4.49. The molecule has 0 heterocycles. The second kappa shape index (κ2) is 4.98. The standard InChI is InChI=1S/C16H16FNO3/c1-8-6-11(17)4-5-12(8)18-15(19)13-9-2-3-10(7-9)14(13)16(20)21/h2-6,9-10,13-14H,7H2,1H3,(H,18,19)(H,20,21)/t9-,10-,13+,14-/m0/s1. The largest absolute Gasteiger partial charge is 0.481 e. The number of aliphatic carboxylic acids is 1. The first-order valence-electron chi connectivity index (χ1n) is 6.95. The van der Waals surface area contributed by atoms with E-state index in [2.05, 4.69) is 5.32 Å². The number of halogens is 1. The Morgan fingerprint density at radius 2 is 1.90 bits per heavy atom. The van der Waals surface area contributed by atoms with E-state index in [9.17, 15) is 19.1 Å². The Morgan fingerprint density at radius 3 is 2.52 bits per heavy atom. The third kappa shape index (κ3) is 2.33. The van der Waals surface area contributed by atoms with Gasteiger partial charge in [-0.2, -0.15) is 0 Å². The van der Waals surface area contributed by atoms with Crippen molar-refractivity contribution in [2.75, 3.05) is 5.32 Å². The van der Waals surface area contributed by atoms with Crippen LogP contribution in [0.4, 0.5) is 10.1 Å². The zero-order valence-corrected chi connectivity index (χ0v) is 11.5. The number of carbonyl (C=O) groups excluding carboxylic acids is 1. The van der Waals surface area contributed by atoms with Gasteiger partial charge in [0.2, 0.25) is 5.91 Å². The number of fused-ring (bicyclic) bond motifs is 2. The summed E-state index contributed by atoms with van der Waals surface area (Å²) < 4.78 is 13.1. The van der Waals surface area contributed by atoms with E-state index < -0.39 is 17.8 Å². The van der Waals surface area contributed by atoms with Gasteiger partial charge in [-0.25, -0.2) is 4.39 Å². The summed E-state index contributed by atoms with van der Waals surface area (Å²) in [6.07, 6.45) is 4.56. The van der Waals surface area contributed by atoms with Crippen LogP contribution in [0.15, 0.2) is 30.4 Å². The lowest BCUT2D eigenvalue weighted by Crippen LogP contribution is -2.36. The number of amides is 1. The molecule has 2 N–H and O–H groups in total. The molecule has 2 aliphatic rings. The van der Waals surface area contributed by atoms with Crippen LogP contribution in [0, 0.1) is 36.4 Å². The molecule has 0 aromatic heterocycles. The highest BCUT2D eigenvalue weighted by Gasteiger charge is 2.51. The highest BCUT2D eigenvalue weighted by Crippen LogP contribution is 2.48. The highest BCUT2D eigenvalue weighted by molar-refractivity contribution is 5.96. The van der Waals surface area contributed by atoms with E-state index in [-0.39, 0.29) is 23.6 Å². The van der Waals surface area contributed by atoms with Crippen molar-refractivity contribution >= 4 is 17.6 Å². The minimum Gasteiger partial charge on any atom is -0.481 e. The monoisotopic (exact) mass is 289 g/mol. The molecule has 1 amide bonds. The molecule has 21 heavy (non-hydrogen) atoms. The number of anilines is 1. The number of hydrogen-bond acceptors (Lipinski definition) is 2. The maximum absolute atomic E-state index is 13.1.